The normalized spacial score (nSPS) is 14.7. The van der Waals surface area contributed by atoms with Gasteiger partial charge >= 0.3 is 0 Å². The molecule has 3 heterocycles. The summed E-state index contributed by atoms with van der Waals surface area (Å²) in [4.78, 5) is 10.8. The van der Waals surface area contributed by atoms with Crippen LogP contribution in [0.15, 0.2) is 183 Å². The fourth-order valence-corrected chi connectivity index (χ4v) is 7.94. The van der Waals surface area contributed by atoms with E-state index in [0.717, 1.165) is 88.3 Å². The smallest absolute Gasteiger partial charge is 0.160 e. The van der Waals surface area contributed by atoms with Gasteiger partial charge in [-0.25, -0.2) is 9.98 Å². The highest BCUT2D eigenvalue weighted by Crippen LogP contribution is 2.40. The van der Waals surface area contributed by atoms with Crippen molar-refractivity contribution in [3.05, 3.63) is 180 Å². The van der Waals surface area contributed by atoms with Gasteiger partial charge in [0.05, 0.1) is 0 Å². The lowest BCUT2D eigenvalue weighted by Gasteiger charge is -2.26. The summed E-state index contributed by atoms with van der Waals surface area (Å²) in [6.07, 6.45) is -0.381. The van der Waals surface area contributed by atoms with E-state index < -0.39 is 0 Å². The Balaban J connectivity index is 1.21. The maximum absolute atomic E-state index is 6.48. The third kappa shape index (κ3) is 4.42. The zero-order valence-corrected chi connectivity index (χ0v) is 27.9. The zero-order chi connectivity index (χ0) is 34.2. The lowest BCUT2D eigenvalue weighted by molar-refractivity contribution is 0.668. The van der Waals surface area contributed by atoms with Gasteiger partial charge in [0.15, 0.2) is 5.84 Å². The highest BCUT2D eigenvalue weighted by molar-refractivity contribution is 6.27. The molecule has 0 saturated carbocycles. The Kier molecular flexibility index (Phi) is 6.25. The molecule has 11 rings (SSSR count). The van der Waals surface area contributed by atoms with Gasteiger partial charge in [-0.05, 0) is 80.7 Å². The summed E-state index contributed by atoms with van der Waals surface area (Å²) in [7, 11) is 0. The molecule has 1 N–H and O–H groups in total. The van der Waals surface area contributed by atoms with Crippen LogP contribution in [0, 0.1) is 0 Å². The molecule has 0 fully saturated rings. The van der Waals surface area contributed by atoms with Gasteiger partial charge in [-0.2, -0.15) is 0 Å². The second kappa shape index (κ2) is 11.3. The van der Waals surface area contributed by atoms with Crippen molar-refractivity contribution in [1.29, 1.82) is 0 Å². The number of nitrogens with one attached hydrogen (secondary N) is 1. The van der Waals surface area contributed by atoms with Crippen molar-refractivity contribution in [2.24, 2.45) is 9.98 Å². The first-order chi connectivity index (χ1) is 25.8. The largest absolute Gasteiger partial charge is 0.456 e. The number of benzene rings is 8. The summed E-state index contributed by atoms with van der Waals surface area (Å²) in [5, 5.41) is 12.6. The maximum atomic E-state index is 6.48. The number of rotatable bonds is 4. The molecule has 8 aromatic carbocycles. The third-order valence-corrected chi connectivity index (χ3v) is 10.3. The quantitative estimate of drug-likeness (QED) is 0.190. The maximum Gasteiger partial charge on any atom is 0.160 e. The molecule has 5 nitrogen and oxygen atoms in total. The molecule has 1 aliphatic rings. The summed E-state index contributed by atoms with van der Waals surface area (Å²) in [6, 6.07) is 56.8. The van der Waals surface area contributed by atoms with Crippen LogP contribution in [0.2, 0.25) is 0 Å². The number of hydrogen-bond donors (Lipinski definition) is 1. The summed E-state index contributed by atoms with van der Waals surface area (Å²) < 4.78 is 12.9. The van der Waals surface area contributed by atoms with E-state index >= 15 is 0 Å². The molecule has 0 radical (unpaired) electrons. The molecule has 2 aromatic heterocycles. The van der Waals surface area contributed by atoms with Gasteiger partial charge in [0.1, 0.15) is 34.3 Å². The van der Waals surface area contributed by atoms with Crippen LogP contribution in [0.5, 0.6) is 0 Å². The van der Waals surface area contributed by atoms with Crippen molar-refractivity contribution in [3.63, 3.8) is 0 Å². The Labute approximate surface area is 298 Å². The summed E-state index contributed by atoms with van der Waals surface area (Å²) in [5.41, 5.74) is 8.37. The zero-order valence-electron chi connectivity index (χ0n) is 27.9. The minimum absolute atomic E-state index is 0.381. The minimum atomic E-state index is -0.381. The SMILES string of the molecule is c1ccc(C2N=C(c3cc4ccccc4c4ccccc34)N=C(c3c(-c4ccc5c(c4)oc4ccccc45)ccc4oc5ccccc5c34)N2)cc1. The number of para-hydroxylation sites is 2. The van der Waals surface area contributed by atoms with E-state index in [0.29, 0.717) is 5.84 Å². The standard InChI is InChI=1S/C47H29N3O2/c1-2-12-28(13-3-1)45-48-46(38-26-29-14-4-5-15-31(29)33-16-6-7-17-34(33)38)50-47(49-45)44-32(24-25-41-43(44)37-19-9-11-21-40(37)51-41)30-22-23-36-35-18-8-10-20-39(35)52-42(36)27-30/h1-27,45H,(H,48,49,50). The molecule has 10 aromatic rings. The Hall–Kier alpha value is -6.98. The van der Waals surface area contributed by atoms with Crippen LogP contribution in [-0.4, -0.2) is 11.7 Å². The van der Waals surface area contributed by atoms with Crippen LogP contribution in [0.3, 0.4) is 0 Å². The lowest BCUT2D eigenvalue weighted by Crippen LogP contribution is -2.34. The van der Waals surface area contributed by atoms with E-state index in [1.807, 2.05) is 30.3 Å². The fraction of sp³-hybridized carbons (Fsp3) is 0.0213. The van der Waals surface area contributed by atoms with Crippen LogP contribution in [0.25, 0.3) is 76.5 Å². The first-order valence-corrected chi connectivity index (χ1v) is 17.5. The highest BCUT2D eigenvalue weighted by Gasteiger charge is 2.27. The van der Waals surface area contributed by atoms with Gasteiger partial charge in [-0.3, -0.25) is 0 Å². The molecule has 5 heteroatoms. The molecule has 1 unspecified atom stereocenters. The predicted octanol–water partition coefficient (Wildman–Crippen LogP) is 12.0. The van der Waals surface area contributed by atoms with E-state index in [4.69, 9.17) is 18.8 Å². The summed E-state index contributed by atoms with van der Waals surface area (Å²) in [5.74, 6) is 1.40. The molecule has 0 saturated heterocycles. The molecular formula is C47H29N3O2. The van der Waals surface area contributed by atoms with Crippen LogP contribution in [0.4, 0.5) is 0 Å². The average Bonchev–Trinajstić information content (AvgIpc) is 3.78. The van der Waals surface area contributed by atoms with Crippen molar-refractivity contribution >= 4 is 77.1 Å². The number of nitrogens with zero attached hydrogens (tertiary/aromatic N) is 2. The van der Waals surface area contributed by atoms with Gasteiger partial charge in [0, 0.05) is 32.7 Å². The summed E-state index contributed by atoms with van der Waals surface area (Å²) in [6.45, 7) is 0. The molecule has 1 aliphatic heterocycles. The molecular weight excluding hydrogens is 639 g/mol. The minimum Gasteiger partial charge on any atom is -0.456 e. The van der Waals surface area contributed by atoms with Gasteiger partial charge in [0.25, 0.3) is 0 Å². The topological polar surface area (TPSA) is 63.0 Å². The van der Waals surface area contributed by atoms with E-state index in [1.54, 1.807) is 0 Å². The average molecular weight is 668 g/mol. The first kappa shape index (κ1) is 28.8. The fourth-order valence-electron chi connectivity index (χ4n) is 7.94. The molecule has 244 valence electrons. The molecule has 0 spiro atoms. The van der Waals surface area contributed by atoms with Crippen molar-refractivity contribution in [1.82, 2.24) is 5.32 Å². The monoisotopic (exact) mass is 667 g/mol. The van der Waals surface area contributed by atoms with Crippen LogP contribution < -0.4 is 5.32 Å². The number of hydrogen-bond acceptors (Lipinski definition) is 5. The van der Waals surface area contributed by atoms with Crippen LogP contribution >= 0.6 is 0 Å². The van der Waals surface area contributed by atoms with Crippen LogP contribution in [0.1, 0.15) is 22.9 Å². The van der Waals surface area contributed by atoms with E-state index in [2.05, 4.69) is 139 Å². The first-order valence-electron chi connectivity index (χ1n) is 17.5. The van der Waals surface area contributed by atoms with Crippen molar-refractivity contribution < 1.29 is 8.83 Å². The molecule has 1 atom stereocenters. The summed E-state index contributed by atoms with van der Waals surface area (Å²) >= 11 is 0. The second-order valence-corrected chi connectivity index (χ2v) is 13.3. The molecule has 0 amide bonds. The Bertz CT molecular complexity index is 3110. The van der Waals surface area contributed by atoms with E-state index in [1.165, 1.54) is 10.8 Å². The third-order valence-electron chi connectivity index (χ3n) is 10.3. The highest BCUT2D eigenvalue weighted by atomic mass is 16.3. The predicted molar refractivity (Wildman–Crippen MR) is 213 cm³/mol. The molecule has 0 bridgehead atoms. The van der Waals surface area contributed by atoms with Crippen molar-refractivity contribution in [3.8, 4) is 11.1 Å². The number of amidine groups is 2. The number of aliphatic imine (C=N–C) groups is 2. The van der Waals surface area contributed by atoms with Gasteiger partial charge < -0.3 is 14.2 Å². The molecule has 52 heavy (non-hydrogen) atoms. The van der Waals surface area contributed by atoms with Gasteiger partial charge in [-0.15, -0.1) is 0 Å². The lowest BCUT2D eigenvalue weighted by atomic mass is 9.93. The van der Waals surface area contributed by atoms with E-state index in [-0.39, 0.29) is 6.17 Å². The van der Waals surface area contributed by atoms with Crippen LogP contribution in [-0.2, 0) is 0 Å². The van der Waals surface area contributed by atoms with Gasteiger partial charge in [0.2, 0.25) is 0 Å². The Morgan fingerprint density at radius 1 is 0.462 bits per heavy atom. The van der Waals surface area contributed by atoms with Gasteiger partial charge in [-0.1, -0.05) is 121 Å². The van der Waals surface area contributed by atoms with Crippen molar-refractivity contribution in [2.75, 3.05) is 0 Å². The molecule has 0 aliphatic carbocycles. The van der Waals surface area contributed by atoms with Crippen molar-refractivity contribution in [2.45, 2.75) is 6.17 Å². The second-order valence-electron chi connectivity index (χ2n) is 13.3. The van der Waals surface area contributed by atoms with E-state index in [9.17, 15) is 0 Å². The Morgan fingerprint density at radius 3 is 1.96 bits per heavy atom. The Morgan fingerprint density at radius 2 is 1.12 bits per heavy atom. The number of furan rings is 2. The number of fused-ring (bicyclic) bond motifs is 9.